The van der Waals surface area contributed by atoms with Crippen molar-refractivity contribution < 1.29 is 28.7 Å². The van der Waals surface area contributed by atoms with Gasteiger partial charge in [0, 0.05) is 13.1 Å². The predicted molar refractivity (Wildman–Crippen MR) is 94.4 cm³/mol. The summed E-state index contributed by atoms with van der Waals surface area (Å²) in [5.74, 6) is -2.61. The Morgan fingerprint density at radius 2 is 1.04 bits per heavy atom. The molecule has 0 saturated heterocycles. The van der Waals surface area contributed by atoms with Crippen LogP contribution in [0.1, 0.15) is 69.1 Å². The molecule has 142 valence electrons. The number of carbonyl (C=O) groups is 4. The highest BCUT2D eigenvalue weighted by Crippen LogP contribution is 2.20. The molecule has 2 N–H and O–H groups in total. The van der Waals surface area contributed by atoms with Gasteiger partial charge in [0.15, 0.2) is 0 Å². The Kier molecular flexibility index (Phi) is 8.27. The summed E-state index contributed by atoms with van der Waals surface area (Å²) in [6.45, 7) is 7.55. The quantitative estimate of drug-likeness (QED) is 0.677. The van der Waals surface area contributed by atoms with Crippen molar-refractivity contribution in [2.75, 3.05) is 26.3 Å². The van der Waals surface area contributed by atoms with Crippen LogP contribution >= 0.6 is 0 Å². The highest BCUT2D eigenvalue weighted by Gasteiger charge is 2.26. The van der Waals surface area contributed by atoms with Gasteiger partial charge in [0.05, 0.1) is 35.5 Å². The fourth-order valence-electron chi connectivity index (χ4n) is 2.24. The lowest BCUT2D eigenvalue weighted by Crippen LogP contribution is -2.29. The molecule has 0 bridgehead atoms. The molecule has 8 nitrogen and oxygen atoms in total. The summed E-state index contributed by atoms with van der Waals surface area (Å²) in [7, 11) is 0. The van der Waals surface area contributed by atoms with Gasteiger partial charge in [0.25, 0.3) is 11.8 Å². The van der Waals surface area contributed by atoms with E-state index in [2.05, 4.69) is 10.6 Å². The highest BCUT2D eigenvalue weighted by atomic mass is 16.5. The molecule has 1 rings (SSSR count). The number of esters is 2. The second-order valence-corrected chi connectivity index (χ2v) is 5.10. The standard InChI is InChI=1S/C18H24N2O6/c1-5-19-15(21)11-9-12(16(22)20-6-2)14(18(24)26-8-4)10-13(11)17(23)25-7-3/h9-10H,5-8H2,1-4H3,(H,19,21)(H,20,22). The first-order valence-corrected chi connectivity index (χ1v) is 8.49. The van der Waals surface area contributed by atoms with Gasteiger partial charge < -0.3 is 20.1 Å². The summed E-state index contributed by atoms with van der Waals surface area (Å²) in [4.78, 5) is 49.2. The molecular weight excluding hydrogens is 340 g/mol. The number of benzene rings is 1. The van der Waals surface area contributed by atoms with Crippen molar-refractivity contribution in [3.05, 3.63) is 34.4 Å². The van der Waals surface area contributed by atoms with Crippen LogP contribution in [0.15, 0.2) is 12.1 Å². The van der Waals surface area contributed by atoms with Crippen LogP contribution in [-0.2, 0) is 9.47 Å². The zero-order valence-corrected chi connectivity index (χ0v) is 15.4. The average molecular weight is 364 g/mol. The minimum atomic E-state index is -0.762. The Morgan fingerprint density at radius 1 is 0.692 bits per heavy atom. The zero-order chi connectivity index (χ0) is 19.7. The third-order valence-corrected chi connectivity index (χ3v) is 3.31. The largest absolute Gasteiger partial charge is 0.462 e. The van der Waals surface area contributed by atoms with E-state index in [4.69, 9.17) is 9.47 Å². The summed E-state index contributed by atoms with van der Waals surface area (Å²) in [6, 6.07) is 2.39. The molecule has 26 heavy (non-hydrogen) atoms. The summed E-state index contributed by atoms with van der Waals surface area (Å²) >= 11 is 0. The van der Waals surface area contributed by atoms with E-state index in [0.29, 0.717) is 13.1 Å². The van der Waals surface area contributed by atoms with E-state index in [1.165, 1.54) is 12.1 Å². The molecule has 0 unspecified atom stereocenters. The Hall–Kier alpha value is -2.90. The van der Waals surface area contributed by atoms with Gasteiger partial charge >= 0.3 is 11.9 Å². The molecular formula is C18H24N2O6. The normalized spacial score (nSPS) is 10.0. The molecule has 0 aliphatic heterocycles. The average Bonchev–Trinajstić information content (AvgIpc) is 2.61. The molecule has 1 aromatic carbocycles. The van der Waals surface area contributed by atoms with E-state index in [0.717, 1.165) is 0 Å². The first kappa shape index (κ1) is 21.1. The molecule has 0 atom stereocenters. The van der Waals surface area contributed by atoms with Gasteiger partial charge in [0.2, 0.25) is 0 Å². The van der Waals surface area contributed by atoms with Crippen LogP contribution in [0.3, 0.4) is 0 Å². The molecule has 2 amide bonds. The molecule has 0 radical (unpaired) electrons. The fourth-order valence-corrected chi connectivity index (χ4v) is 2.24. The molecule has 0 aliphatic rings. The van der Waals surface area contributed by atoms with Crippen LogP contribution in [0, 0.1) is 0 Å². The summed E-state index contributed by atoms with van der Waals surface area (Å²) in [6.07, 6.45) is 0. The minimum absolute atomic E-state index is 0.0420. The molecule has 0 aliphatic carbocycles. The van der Waals surface area contributed by atoms with E-state index in [1.807, 2.05) is 0 Å². The van der Waals surface area contributed by atoms with E-state index >= 15 is 0 Å². The lowest BCUT2D eigenvalue weighted by atomic mass is 9.96. The van der Waals surface area contributed by atoms with Gasteiger partial charge in [-0.05, 0) is 39.8 Å². The van der Waals surface area contributed by atoms with Crippen molar-refractivity contribution in [1.29, 1.82) is 0 Å². The number of nitrogens with one attached hydrogen (secondary N) is 2. The number of amides is 2. The Morgan fingerprint density at radius 3 is 1.35 bits per heavy atom. The predicted octanol–water partition coefficient (Wildman–Crippen LogP) is 1.54. The van der Waals surface area contributed by atoms with Crippen LogP contribution in [-0.4, -0.2) is 50.1 Å². The van der Waals surface area contributed by atoms with E-state index in [9.17, 15) is 19.2 Å². The van der Waals surface area contributed by atoms with Crippen molar-refractivity contribution in [2.24, 2.45) is 0 Å². The second-order valence-electron chi connectivity index (χ2n) is 5.10. The molecule has 0 fully saturated rings. The number of ether oxygens (including phenoxy) is 2. The molecule has 0 saturated carbocycles. The summed E-state index contributed by atoms with van der Waals surface area (Å²) < 4.78 is 9.94. The molecule has 1 aromatic rings. The lowest BCUT2D eigenvalue weighted by Gasteiger charge is -2.14. The van der Waals surface area contributed by atoms with Gasteiger partial charge in [0.1, 0.15) is 0 Å². The van der Waals surface area contributed by atoms with Gasteiger partial charge in [-0.3, -0.25) is 9.59 Å². The topological polar surface area (TPSA) is 111 Å². The van der Waals surface area contributed by atoms with Crippen LogP contribution < -0.4 is 10.6 Å². The Labute approximate surface area is 152 Å². The number of carbonyl (C=O) groups excluding carboxylic acids is 4. The third-order valence-electron chi connectivity index (χ3n) is 3.31. The molecule has 0 heterocycles. The SMILES string of the molecule is CCNC(=O)c1cc(C(=O)NCC)c(C(=O)OCC)cc1C(=O)OCC. The van der Waals surface area contributed by atoms with Crippen molar-refractivity contribution in [1.82, 2.24) is 10.6 Å². The monoisotopic (exact) mass is 364 g/mol. The lowest BCUT2D eigenvalue weighted by molar-refractivity contribution is 0.0519. The number of hydrogen-bond donors (Lipinski definition) is 2. The van der Waals surface area contributed by atoms with Gasteiger partial charge in [-0.1, -0.05) is 0 Å². The highest BCUT2D eigenvalue weighted by molar-refractivity contribution is 6.12. The maximum absolute atomic E-state index is 12.3. The van der Waals surface area contributed by atoms with Crippen LogP contribution in [0.2, 0.25) is 0 Å². The smallest absolute Gasteiger partial charge is 0.338 e. The number of hydrogen-bond acceptors (Lipinski definition) is 6. The van der Waals surface area contributed by atoms with E-state index < -0.39 is 23.8 Å². The van der Waals surface area contributed by atoms with Crippen molar-refractivity contribution in [2.45, 2.75) is 27.7 Å². The van der Waals surface area contributed by atoms with E-state index in [-0.39, 0.29) is 35.5 Å². The first-order chi connectivity index (χ1) is 12.4. The van der Waals surface area contributed by atoms with Crippen molar-refractivity contribution in [3.8, 4) is 0 Å². The summed E-state index contributed by atoms with van der Waals surface area (Å²) in [5.41, 5.74) is -0.290. The van der Waals surface area contributed by atoms with Crippen LogP contribution in [0.5, 0.6) is 0 Å². The molecule has 0 aromatic heterocycles. The third kappa shape index (κ3) is 5.05. The minimum Gasteiger partial charge on any atom is -0.462 e. The fraction of sp³-hybridized carbons (Fsp3) is 0.444. The number of rotatable bonds is 8. The van der Waals surface area contributed by atoms with Crippen molar-refractivity contribution in [3.63, 3.8) is 0 Å². The molecule has 8 heteroatoms. The first-order valence-electron chi connectivity index (χ1n) is 8.49. The molecule has 0 spiro atoms. The van der Waals surface area contributed by atoms with Crippen LogP contribution in [0.25, 0.3) is 0 Å². The van der Waals surface area contributed by atoms with Crippen LogP contribution in [0.4, 0.5) is 0 Å². The summed E-state index contributed by atoms with van der Waals surface area (Å²) in [5, 5.41) is 5.15. The van der Waals surface area contributed by atoms with Gasteiger partial charge in [-0.15, -0.1) is 0 Å². The van der Waals surface area contributed by atoms with Crippen molar-refractivity contribution >= 4 is 23.8 Å². The second kappa shape index (κ2) is 10.2. The van der Waals surface area contributed by atoms with Gasteiger partial charge in [-0.2, -0.15) is 0 Å². The Bertz CT molecular complexity index is 585. The maximum Gasteiger partial charge on any atom is 0.338 e. The van der Waals surface area contributed by atoms with Gasteiger partial charge in [-0.25, -0.2) is 9.59 Å². The maximum atomic E-state index is 12.3. The van der Waals surface area contributed by atoms with E-state index in [1.54, 1.807) is 27.7 Å². The zero-order valence-electron chi connectivity index (χ0n) is 15.4. The Balaban J connectivity index is 3.63.